The summed E-state index contributed by atoms with van der Waals surface area (Å²) < 4.78 is 5.43. The lowest BCUT2D eigenvalue weighted by atomic mass is 9.99. The zero-order chi connectivity index (χ0) is 11.1. The molecule has 3 nitrogen and oxygen atoms in total. The van der Waals surface area contributed by atoms with Gasteiger partial charge in [-0.2, -0.15) is 0 Å². The first-order valence-electron chi connectivity index (χ1n) is 5.02. The van der Waals surface area contributed by atoms with Crippen LogP contribution < -0.4 is 0 Å². The quantitative estimate of drug-likeness (QED) is 0.819. The van der Waals surface area contributed by atoms with Crippen LogP contribution in [0.1, 0.15) is 25.3 Å². The van der Waals surface area contributed by atoms with Crippen LogP contribution in [0.4, 0.5) is 0 Å². The molecule has 0 radical (unpaired) electrons. The van der Waals surface area contributed by atoms with Gasteiger partial charge >= 0.3 is 0 Å². The number of hydrogen-bond donors (Lipinski definition) is 1. The van der Waals surface area contributed by atoms with E-state index in [1.165, 1.54) is 0 Å². The number of aliphatic hydroxyl groups is 1. The molecule has 80 valence electrons. The van der Waals surface area contributed by atoms with E-state index in [-0.39, 0.29) is 0 Å². The van der Waals surface area contributed by atoms with Crippen LogP contribution in [-0.2, 0) is 6.42 Å². The maximum atomic E-state index is 9.70. The molecule has 0 spiro atoms. The minimum absolute atomic E-state index is 0.614. The van der Waals surface area contributed by atoms with Gasteiger partial charge in [-0.1, -0.05) is 6.07 Å². The summed E-state index contributed by atoms with van der Waals surface area (Å²) >= 11 is 0. The summed E-state index contributed by atoms with van der Waals surface area (Å²) in [4.78, 5) is 4.22. The van der Waals surface area contributed by atoms with Gasteiger partial charge in [-0.15, -0.1) is 0 Å². The van der Waals surface area contributed by atoms with E-state index in [2.05, 4.69) is 4.98 Å². The summed E-state index contributed by atoms with van der Waals surface area (Å²) in [5.41, 5.74) is 2.02. The zero-order valence-corrected chi connectivity index (χ0v) is 9.24. The molecule has 1 aromatic carbocycles. The molecule has 0 aliphatic carbocycles. The van der Waals surface area contributed by atoms with E-state index in [4.69, 9.17) is 4.42 Å². The molecule has 2 aromatic rings. The highest BCUT2D eigenvalue weighted by Crippen LogP contribution is 2.19. The number of fused-ring (bicyclic) bond motifs is 1. The third kappa shape index (κ3) is 2.36. The Morgan fingerprint density at radius 1 is 1.40 bits per heavy atom. The monoisotopic (exact) mass is 205 g/mol. The van der Waals surface area contributed by atoms with Gasteiger partial charge in [-0.05, 0) is 31.5 Å². The predicted octanol–water partition coefficient (Wildman–Crippen LogP) is 2.45. The normalized spacial score (nSPS) is 12.3. The first-order valence-corrected chi connectivity index (χ1v) is 5.02. The Kier molecular flexibility index (Phi) is 2.27. The second-order valence-electron chi connectivity index (χ2n) is 4.52. The van der Waals surface area contributed by atoms with Crippen molar-refractivity contribution < 1.29 is 9.52 Å². The van der Waals surface area contributed by atoms with Gasteiger partial charge in [0.1, 0.15) is 5.52 Å². The second-order valence-corrected chi connectivity index (χ2v) is 4.52. The number of rotatable bonds is 2. The van der Waals surface area contributed by atoms with Crippen LogP contribution in [-0.4, -0.2) is 15.7 Å². The molecule has 3 heteroatoms. The maximum Gasteiger partial charge on any atom is 0.192 e. The van der Waals surface area contributed by atoms with Gasteiger partial charge in [0.25, 0.3) is 0 Å². The highest BCUT2D eigenvalue weighted by Gasteiger charge is 2.14. The summed E-state index contributed by atoms with van der Waals surface area (Å²) in [5.74, 6) is 0.672. The first-order chi connectivity index (χ1) is 6.94. The third-order valence-corrected chi connectivity index (χ3v) is 2.20. The fraction of sp³-hybridized carbons (Fsp3) is 0.417. The van der Waals surface area contributed by atoms with Crippen molar-refractivity contribution in [2.75, 3.05) is 0 Å². The molecular formula is C12H15NO2. The van der Waals surface area contributed by atoms with E-state index >= 15 is 0 Å². The third-order valence-electron chi connectivity index (χ3n) is 2.20. The molecule has 0 saturated heterocycles. The lowest BCUT2D eigenvalue weighted by molar-refractivity contribution is 0.0810. The fourth-order valence-electron chi connectivity index (χ4n) is 1.69. The number of nitrogens with zero attached hydrogens (tertiary/aromatic N) is 1. The largest absolute Gasteiger partial charge is 0.441 e. The van der Waals surface area contributed by atoms with E-state index in [1.807, 2.05) is 25.1 Å². The average molecular weight is 205 g/mol. The van der Waals surface area contributed by atoms with Crippen LogP contribution >= 0.6 is 0 Å². The summed E-state index contributed by atoms with van der Waals surface area (Å²) in [7, 11) is 0. The van der Waals surface area contributed by atoms with Crippen LogP contribution in [0.5, 0.6) is 0 Å². The highest BCUT2D eigenvalue weighted by molar-refractivity contribution is 5.73. The summed E-state index contributed by atoms with van der Waals surface area (Å²) in [6.45, 7) is 5.42. The number of aryl methyl sites for hydroxylation is 1. The Labute approximate surface area is 88.7 Å². The maximum absolute atomic E-state index is 9.70. The molecule has 0 atom stereocenters. The molecule has 0 bridgehead atoms. The Morgan fingerprint density at radius 3 is 2.80 bits per heavy atom. The van der Waals surface area contributed by atoms with Gasteiger partial charge in [-0.25, -0.2) is 4.98 Å². The molecule has 0 aliphatic heterocycles. The zero-order valence-electron chi connectivity index (χ0n) is 9.24. The molecule has 1 aromatic heterocycles. The summed E-state index contributed by atoms with van der Waals surface area (Å²) in [5, 5.41) is 9.70. The van der Waals surface area contributed by atoms with Crippen molar-refractivity contribution in [2.45, 2.75) is 32.8 Å². The first kappa shape index (κ1) is 10.2. The molecule has 0 aliphatic rings. The van der Waals surface area contributed by atoms with Gasteiger partial charge < -0.3 is 9.52 Å². The van der Waals surface area contributed by atoms with Crippen molar-refractivity contribution in [1.29, 1.82) is 0 Å². The average Bonchev–Trinajstić information content (AvgIpc) is 2.40. The van der Waals surface area contributed by atoms with Gasteiger partial charge in [-0.3, -0.25) is 0 Å². The van der Waals surface area contributed by atoms with Gasteiger partial charge in [0.2, 0.25) is 0 Å². The van der Waals surface area contributed by atoms with E-state index in [0.29, 0.717) is 12.3 Å². The molecule has 2 rings (SSSR count). The minimum Gasteiger partial charge on any atom is -0.441 e. The van der Waals surface area contributed by atoms with E-state index in [0.717, 1.165) is 16.7 Å². The van der Waals surface area contributed by atoms with E-state index < -0.39 is 5.60 Å². The number of aromatic nitrogens is 1. The standard InChI is InChI=1S/C12H15NO2/c1-8-13-10-5-4-9(6-11(10)15-8)7-12(2,3)14/h4-6,14H,7H2,1-3H3. The smallest absolute Gasteiger partial charge is 0.192 e. The molecule has 15 heavy (non-hydrogen) atoms. The van der Waals surface area contributed by atoms with Gasteiger partial charge in [0, 0.05) is 13.3 Å². The van der Waals surface area contributed by atoms with Crippen molar-refractivity contribution >= 4 is 11.1 Å². The summed E-state index contributed by atoms with van der Waals surface area (Å²) in [6, 6.07) is 5.84. The molecule has 1 N–H and O–H groups in total. The van der Waals surface area contributed by atoms with Gasteiger partial charge in [0.05, 0.1) is 5.60 Å². The molecule has 0 amide bonds. The minimum atomic E-state index is -0.692. The number of hydrogen-bond acceptors (Lipinski definition) is 3. The second kappa shape index (κ2) is 3.35. The van der Waals surface area contributed by atoms with Crippen molar-refractivity contribution in [3.8, 4) is 0 Å². The van der Waals surface area contributed by atoms with Gasteiger partial charge in [0.15, 0.2) is 11.5 Å². The molecule has 1 heterocycles. The van der Waals surface area contributed by atoms with Crippen LogP contribution in [0.25, 0.3) is 11.1 Å². The highest BCUT2D eigenvalue weighted by atomic mass is 16.3. The lowest BCUT2D eigenvalue weighted by Crippen LogP contribution is -2.21. The topological polar surface area (TPSA) is 46.3 Å². The van der Waals surface area contributed by atoms with E-state index in [1.54, 1.807) is 13.8 Å². The Morgan fingerprint density at radius 2 is 2.13 bits per heavy atom. The SMILES string of the molecule is Cc1nc2ccc(CC(C)(C)O)cc2o1. The van der Waals surface area contributed by atoms with Crippen molar-refractivity contribution in [2.24, 2.45) is 0 Å². The Balaban J connectivity index is 2.38. The number of benzene rings is 1. The van der Waals surface area contributed by atoms with Crippen LogP contribution in [0.3, 0.4) is 0 Å². The van der Waals surface area contributed by atoms with Crippen LogP contribution in [0.15, 0.2) is 22.6 Å². The predicted molar refractivity (Wildman–Crippen MR) is 58.7 cm³/mol. The fourth-order valence-corrected chi connectivity index (χ4v) is 1.69. The van der Waals surface area contributed by atoms with Crippen molar-refractivity contribution in [3.63, 3.8) is 0 Å². The van der Waals surface area contributed by atoms with Crippen molar-refractivity contribution in [3.05, 3.63) is 29.7 Å². The molecule has 0 saturated carbocycles. The van der Waals surface area contributed by atoms with Crippen molar-refractivity contribution in [1.82, 2.24) is 4.98 Å². The van der Waals surface area contributed by atoms with Crippen LogP contribution in [0.2, 0.25) is 0 Å². The Hall–Kier alpha value is -1.35. The van der Waals surface area contributed by atoms with Crippen LogP contribution in [0, 0.1) is 6.92 Å². The van der Waals surface area contributed by atoms with E-state index in [9.17, 15) is 5.11 Å². The molecule has 0 fully saturated rings. The molecular weight excluding hydrogens is 190 g/mol. The molecule has 0 unspecified atom stereocenters. The summed E-state index contributed by atoms with van der Waals surface area (Å²) in [6.07, 6.45) is 0.614. The number of oxazole rings is 1. The Bertz CT molecular complexity index is 480. The lowest BCUT2D eigenvalue weighted by Gasteiger charge is -2.16.